The van der Waals surface area contributed by atoms with Gasteiger partial charge in [-0.15, -0.1) is 0 Å². The largest absolute Gasteiger partial charge is 0.496 e. The number of piperidine rings is 1. The van der Waals surface area contributed by atoms with Gasteiger partial charge < -0.3 is 14.8 Å². The van der Waals surface area contributed by atoms with Crippen molar-refractivity contribution in [2.75, 3.05) is 27.3 Å². The average Bonchev–Trinajstić information content (AvgIpc) is 3.45. The van der Waals surface area contributed by atoms with Crippen molar-refractivity contribution in [1.29, 1.82) is 0 Å². The Bertz CT molecular complexity index is 601. The number of benzene rings is 1. The first-order valence-electron chi connectivity index (χ1n) is 9.84. The number of ether oxygens (including phenoxy) is 2. The molecule has 144 valence electrons. The van der Waals surface area contributed by atoms with Gasteiger partial charge in [0, 0.05) is 38.2 Å². The first-order valence-corrected chi connectivity index (χ1v) is 9.84. The highest BCUT2D eigenvalue weighted by Crippen LogP contribution is 2.25. The Kier molecular flexibility index (Phi) is 6.92. The molecule has 3 rings (SSSR count). The SMILES string of the molecule is COCc1cc(CN2CCC[C@@H](CCC(=O)NC3CC3)C2)ccc1OC. The van der Waals surface area contributed by atoms with E-state index in [4.69, 9.17) is 9.47 Å². The maximum Gasteiger partial charge on any atom is 0.220 e. The molecule has 0 spiro atoms. The highest BCUT2D eigenvalue weighted by Gasteiger charge is 2.25. The van der Waals surface area contributed by atoms with Crippen molar-refractivity contribution in [2.45, 2.75) is 57.7 Å². The lowest BCUT2D eigenvalue weighted by molar-refractivity contribution is -0.121. The first-order chi connectivity index (χ1) is 12.7. The van der Waals surface area contributed by atoms with Gasteiger partial charge >= 0.3 is 0 Å². The predicted molar refractivity (Wildman–Crippen MR) is 102 cm³/mol. The highest BCUT2D eigenvalue weighted by atomic mass is 16.5. The number of carbonyl (C=O) groups excluding carboxylic acids is 1. The summed E-state index contributed by atoms with van der Waals surface area (Å²) in [6.45, 7) is 3.74. The topological polar surface area (TPSA) is 50.8 Å². The summed E-state index contributed by atoms with van der Waals surface area (Å²) in [5, 5.41) is 3.10. The van der Waals surface area contributed by atoms with Gasteiger partial charge in [0.2, 0.25) is 5.91 Å². The molecule has 5 heteroatoms. The lowest BCUT2D eigenvalue weighted by Gasteiger charge is -2.33. The van der Waals surface area contributed by atoms with Crippen LogP contribution in [0.25, 0.3) is 0 Å². The van der Waals surface area contributed by atoms with Gasteiger partial charge in [0.1, 0.15) is 5.75 Å². The summed E-state index contributed by atoms with van der Waals surface area (Å²) in [7, 11) is 3.41. The van der Waals surface area contributed by atoms with Crippen LogP contribution in [0.5, 0.6) is 5.75 Å². The summed E-state index contributed by atoms with van der Waals surface area (Å²) in [6, 6.07) is 6.84. The molecule has 1 aromatic carbocycles. The van der Waals surface area contributed by atoms with Crippen LogP contribution in [0.4, 0.5) is 0 Å². The van der Waals surface area contributed by atoms with Gasteiger partial charge in [-0.05, 0) is 62.3 Å². The second kappa shape index (κ2) is 9.38. The Balaban J connectivity index is 1.49. The molecule has 0 unspecified atom stereocenters. The summed E-state index contributed by atoms with van der Waals surface area (Å²) in [5.74, 6) is 1.75. The second-order valence-corrected chi connectivity index (χ2v) is 7.70. The van der Waals surface area contributed by atoms with Crippen LogP contribution in [0, 0.1) is 5.92 Å². The van der Waals surface area contributed by atoms with Crippen LogP contribution >= 0.6 is 0 Å². The molecule has 5 nitrogen and oxygen atoms in total. The van der Waals surface area contributed by atoms with E-state index < -0.39 is 0 Å². The number of amides is 1. The number of hydrogen-bond acceptors (Lipinski definition) is 4. The maximum atomic E-state index is 11.9. The van der Waals surface area contributed by atoms with Crippen LogP contribution in [0.2, 0.25) is 0 Å². The first kappa shape index (κ1) is 19.2. The van der Waals surface area contributed by atoms with Crippen molar-refractivity contribution in [1.82, 2.24) is 10.2 Å². The lowest BCUT2D eigenvalue weighted by Crippen LogP contribution is -2.35. The quantitative estimate of drug-likeness (QED) is 0.735. The minimum absolute atomic E-state index is 0.240. The minimum Gasteiger partial charge on any atom is -0.496 e. The van der Waals surface area contributed by atoms with E-state index >= 15 is 0 Å². The van der Waals surface area contributed by atoms with Crippen LogP contribution in [-0.2, 0) is 22.7 Å². The summed E-state index contributed by atoms with van der Waals surface area (Å²) in [5.41, 5.74) is 2.39. The molecule has 1 N–H and O–H groups in total. The molecule has 0 bridgehead atoms. The number of carbonyl (C=O) groups is 1. The molecule has 1 saturated heterocycles. The molecule has 0 aromatic heterocycles. The number of nitrogens with one attached hydrogen (secondary N) is 1. The van der Waals surface area contributed by atoms with Crippen LogP contribution < -0.4 is 10.1 Å². The maximum absolute atomic E-state index is 11.9. The Hall–Kier alpha value is -1.59. The fraction of sp³-hybridized carbons (Fsp3) is 0.667. The molecule has 26 heavy (non-hydrogen) atoms. The number of nitrogens with zero attached hydrogens (tertiary/aromatic N) is 1. The highest BCUT2D eigenvalue weighted by molar-refractivity contribution is 5.76. The summed E-state index contributed by atoms with van der Waals surface area (Å²) in [6.07, 6.45) is 6.47. The van der Waals surface area contributed by atoms with E-state index in [2.05, 4.69) is 22.3 Å². The van der Waals surface area contributed by atoms with E-state index in [0.29, 0.717) is 25.0 Å². The zero-order chi connectivity index (χ0) is 18.4. The van der Waals surface area contributed by atoms with Crippen molar-refractivity contribution in [3.05, 3.63) is 29.3 Å². The van der Waals surface area contributed by atoms with E-state index in [-0.39, 0.29) is 5.91 Å². The fourth-order valence-corrected chi connectivity index (χ4v) is 3.85. The molecule has 1 atom stereocenters. The van der Waals surface area contributed by atoms with Crippen molar-refractivity contribution >= 4 is 5.91 Å². The van der Waals surface area contributed by atoms with Gasteiger partial charge in [0.15, 0.2) is 0 Å². The van der Waals surface area contributed by atoms with Gasteiger partial charge in [0.25, 0.3) is 0 Å². The molecular weight excluding hydrogens is 328 g/mol. The number of rotatable bonds is 9. The lowest BCUT2D eigenvalue weighted by atomic mass is 9.93. The van der Waals surface area contributed by atoms with Gasteiger partial charge in [-0.25, -0.2) is 0 Å². The summed E-state index contributed by atoms with van der Waals surface area (Å²) >= 11 is 0. The Morgan fingerprint density at radius 1 is 1.27 bits per heavy atom. The van der Waals surface area contributed by atoms with Crippen molar-refractivity contribution in [3.63, 3.8) is 0 Å². The molecule has 1 aromatic rings. The zero-order valence-corrected chi connectivity index (χ0v) is 16.1. The molecule has 1 amide bonds. The molecule has 0 radical (unpaired) electrons. The van der Waals surface area contributed by atoms with Crippen LogP contribution in [0.3, 0.4) is 0 Å². The van der Waals surface area contributed by atoms with Gasteiger partial charge in [0.05, 0.1) is 13.7 Å². The molecule has 1 heterocycles. The normalized spacial score (nSPS) is 20.8. The predicted octanol–water partition coefficient (Wildman–Crippen LogP) is 3.11. The second-order valence-electron chi connectivity index (χ2n) is 7.70. The third-order valence-corrected chi connectivity index (χ3v) is 5.38. The smallest absolute Gasteiger partial charge is 0.220 e. The Morgan fingerprint density at radius 2 is 2.12 bits per heavy atom. The third kappa shape index (κ3) is 5.71. The summed E-state index contributed by atoms with van der Waals surface area (Å²) < 4.78 is 10.7. The average molecular weight is 360 g/mol. The molecule has 1 aliphatic heterocycles. The number of hydrogen-bond donors (Lipinski definition) is 1. The Labute approximate surface area is 157 Å². The van der Waals surface area contributed by atoms with Gasteiger partial charge in [-0.2, -0.15) is 0 Å². The fourth-order valence-electron chi connectivity index (χ4n) is 3.85. The van der Waals surface area contributed by atoms with Gasteiger partial charge in [-0.1, -0.05) is 6.07 Å². The van der Waals surface area contributed by atoms with E-state index in [0.717, 1.165) is 50.2 Å². The van der Waals surface area contributed by atoms with E-state index in [1.54, 1.807) is 14.2 Å². The standard InChI is InChI=1S/C21H32N2O3/c1-25-15-18-12-17(5-9-20(18)26-2)14-23-11-3-4-16(13-23)6-10-21(24)22-19-7-8-19/h5,9,12,16,19H,3-4,6-8,10-11,13-15H2,1-2H3,(H,22,24)/t16-/m0/s1. The minimum atomic E-state index is 0.240. The van der Waals surface area contributed by atoms with Crippen molar-refractivity contribution < 1.29 is 14.3 Å². The molecule has 1 aliphatic carbocycles. The summed E-state index contributed by atoms with van der Waals surface area (Å²) in [4.78, 5) is 14.4. The monoisotopic (exact) mass is 360 g/mol. The Morgan fingerprint density at radius 3 is 2.85 bits per heavy atom. The molecule has 2 aliphatic rings. The van der Waals surface area contributed by atoms with Crippen molar-refractivity contribution in [2.24, 2.45) is 5.92 Å². The van der Waals surface area contributed by atoms with E-state index in [1.807, 2.05) is 6.07 Å². The van der Waals surface area contributed by atoms with E-state index in [9.17, 15) is 4.79 Å². The third-order valence-electron chi connectivity index (χ3n) is 5.38. The van der Waals surface area contributed by atoms with Gasteiger partial charge in [-0.3, -0.25) is 9.69 Å². The molecule has 1 saturated carbocycles. The zero-order valence-electron chi connectivity index (χ0n) is 16.1. The van der Waals surface area contributed by atoms with Crippen LogP contribution in [0.1, 0.15) is 49.7 Å². The molecular formula is C21H32N2O3. The number of methoxy groups -OCH3 is 2. The van der Waals surface area contributed by atoms with E-state index in [1.165, 1.54) is 18.4 Å². The molecule has 2 fully saturated rings. The van der Waals surface area contributed by atoms with Crippen LogP contribution in [0.15, 0.2) is 18.2 Å². The van der Waals surface area contributed by atoms with Crippen molar-refractivity contribution in [3.8, 4) is 5.75 Å². The van der Waals surface area contributed by atoms with Crippen LogP contribution in [-0.4, -0.2) is 44.2 Å². The number of likely N-dealkylation sites (tertiary alicyclic amines) is 1.